The smallest absolute Gasteiger partial charge is 0.230 e. The molecular weight excluding hydrogens is 360 g/mol. The lowest BCUT2D eigenvalue weighted by molar-refractivity contribution is -0.119. The molecule has 0 aliphatic heterocycles. The molecule has 0 saturated heterocycles. The Morgan fingerprint density at radius 3 is 2.44 bits per heavy atom. The third-order valence-electron chi connectivity index (χ3n) is 3.78. The van der Waals surface area contributed by atoms with Crippen molar-refractivity contribution in [2.24, 2.45) is 0 Å². The number of nitrogens with one attached hydrogen (secondary N) is 1. The predicted molar refractivity (Wildman–Crippen MR) is 107 cm³/mol. The topological polar surface area (TPSA) is 69.0 Å². The zero-order chi connectivity index (χ0) is 19.2. The Balaban J connectivity index is 1.94. The van der Waals surface area contributed by atoms with E-state index in [0.717, 1.165) is 22.8 Å². The molecule has 0 aliphatic carbocycles. The van der Waals surface area contributed by atoms with Crippen LogP contribution in [0.3, 0.4) is 0 Å². The normalized spacial score (nSPS) is 10.8. The number of rotatable bonds is 7. The molecule has 0 bridgehead atoms. The first kappa shape index (κ1) is 19.0. The molecule has 0 aliphatic rings. The van der Waals surface area contributed by atoms with E-state index in [1.54, 1.807) is 7.11 Å². The molecule has 6 nitrogen and oxygen atoms in total. The summed E-state index contributed by atoms with van der Waals surface area (Å²) in [5.41, 5.74) is 1.87. The van der Waals surface area contributed by atoms with E-state index in [2.05, 4.69) is 15.5 Å². The number of amides is 1. The van der Waals surface area contributed by atoms with Crippen LogP contribution in [0, 0.1) is 0 Å². The largest absolute Gasteiger partial charge is 0.497 e. The molecule has 3 aromatic rings. The third kappa shape index (κ3) is 4.68. The van der Waals surface area contributed by atoms with E-state index in [1.165, 1.54) is 11.8 Å². The second-order valence-electron chi connectivity index (χ2n) is 6.22. The van der Waals surface area contributed by atoms with E-state index < -0.39 is 0 Å². The first-order valence-corrected chi connectivity index (χ1v) is 9.64. The van der Waals surface area contributed by atoms with E-state index in [9.17, 15) is 4.79 Å². The average Bonchev–Trinajstić information content (AvgIpc) is 3.10. The fraction of sp³-hybridized carbons (Fsp3) is 0.250. The minimum absolute atomic E-state index is 0.0244. The molecule has 0 spiro atoms. The molecule has 27 heavy (non-hydrogen) atoms. The van der Waals surface area contributed by atoms with Crippen LogP contribution < -0.4 is 10.1 Å². The number of para-hydroxylation sites is 1. The number of aromatic nitrogens is 3. The molecule has 0 fully saturated rings. The van der Waals surface area contributed by atoms with Gasteiger partial charge in [-0.15, -0.1) is 10.2 Å². The van der Waals surface area contributed by atoms with Gasteiger partial charge in [0.15, 0.2) is 11.0 Å². The molecule has 1 heterocycles. The SMILES string of the molecule is COc1ccc(-c2nnc(SCC(=O)NC(C)C)n2-c2ccccc2)cc1. The van der Waals surface area contributed by atoms with Crippen molar-refractivity contribution in [1.82, 2.24) is 20.1 Å². The summed E-state index contributed by atoms with van der Waals surface area (Å²) >= 11 is 1.37. The first-order chi connectivity index (χ1) is 13.1. The number of ether oxygens (including phenoxy) is 1. The van der Waals surface area contributed by atoms with Gasteiger partial charge in [-0.05, 0) is 50.2 Å². The number of carbonyl (C=O) groups is 1. The van der Waals surface area contributed by atoms with E-state index in [1.807, 2.05) is 73.0 Å². The van der Waals surface area contributed by atoms with Crippen molar-refractivity contribution >= 4 is 17.7 Å². The zero-order valence-electron chi connectivity index (χ0n) is 15.5. The number of benzene rings is 2. The fourth-order valence-corrected chi connectivity index (χ4v) is 3.36. The van der Waals surface area contributed by atoms with Gasteiger partial charge in [-0.25, -0.2) is 0 Å². The van der Waals surface area contributed by atoms with Crippen LogP contribution in [0.4, 0.5) is 0 Å². The van der Waals surface area contributed by atoms with E-state index in [0.29, 0.717) is 5.16 Å². The average molecular weight is 382 g/mol. The van der Waals surface area contributed by atoms with Gasteiger partial charge in [0.1, 0.15) is 5.75 Å². The van der Waals surface area contributed by atoms with Gasteiger partial charge >= 0.3 is 0 Å². The lowest BCUT2D eigenvalue weighted by Gasteiger charge is -2.11. The van der Waals surface area contributed by atoms with Gasteiger partial charge in [-0.1, -0.05) is 30.0 Å². The monoisotopic (exact) mass is 382 g/mol. The zero-order valence-corrected chi connectivity index (χ0v) is 16.4. The Labute approximate surface area is 163 Å². The third-order valence-corrected chi connectivity index (χ3v) is 4.71. The predicted octanol–water partition coefficient (Wildman–Crippen LogP) is 3.56. The molecule has 1 N–H and O–H groups in total. The Kier molecular flexibility index (Phi) is 6.13. The highest BCUT2D eigenvalue weighted by molar-refractivity contribution is 7.99. The number of nitrogens with zero attached hydrogens (tertiary/aromatic N) is 3. The molecule has 0 saturated carbocycles. The number of carbonyl (C=O) groups excluding carboxylic acids is 1. The lowest BCUT2D eigenvalue weighted by Crippen LogP contribution is -2.31. The molecule has 7 heteroatoms. The van der Waals surface area contributed by atoms with Crippen LogP contribution in [0.25, 0.3) is 17.1 Å². The van der Waals surface area contributed by atoms with E-state index >= 15 is 0 Å². The molecule has 0 atom stereocenters. The summed E-state index contributed by atoms with van der Waals surface area (Å²) in [6, 6.07) is 17.7. The number of methoxy groups -OCH3 is 1. The maximum atomic E-state index is 12.0. The van der Waals surface area contributed by atoms with Crippen molar-refractivity contribution in [1.29, 1.82) is 0 Å². The van der Waals surface area contributed by atoms with Gasteiger partial charge in [0.25, 0.3) is 0 Å². The summed E-state index contributed by atoms with van der Waals surface area (Å²) < 4.78 is 7.20. The van der Waals surface area contributed by atoms with Gasteiger partial charge < -0.3 is 10.1 Å². The van der Waals surface area contributed by atoms with Crippen molar-refractivity contribution < 1.29 is 9.53 Å². The molecule has 0 unspecified atom stereocenters. The molecule has 2 aromatic carbocycles. The number of hydrogen-bond donors (Lipinski definition) is 1. The second kappa shape index (κ2) is 8.73. The first-order valence-electron chi connectivity index (χ1n) is 8.66. The second-order valence-corrected chi connectivity index (χ2v) is 7.16. The maximum absolute atomic E-state index is 12.0. The Hall–Kier alpha value is -2.80. The number of thioether (sulfide) groups is 1. The molecule has 3 rings (SSSR count). The highest BCUT2D eigenvalue weighted by atomic mass is 32.2. The van der Waals surface area contributed by atoms with Crippen LogP contribution in [0.15, 0.2) is 59.8 Å². The summed E-state index contributed by atoms with van der Waals surface area (Å²) in [6.07, 6.45) is 0. The molecule has 1 aromatic heterocycles. The standard InChI is InChI=1S/C20H22N4O2S/c1-14(2)21-18(25)13-27-20-23-22-19(15-9-11-17(26-3)12-10-15)24(20)16-7-5-4-6-8-16/h4-12,14H,13H2,1-3H3,(H,21,25). The quantitative estimate of drug-likeness (QED) is 0.633. The summed E-state index contributed by atoms with van der Waals surface area (Å²) in [5, 5.41) is 12.3. The molecule has 140 valence electrons. The van der Waals surface area contributed by atoms with Crippen LogP contribution in [0.2, 0.25) is 0 Å². The van der Waals surface area contributed by atoms with Crippen LogP contribution in [0.1, 0.15) is 13.8 Å². The number of hydrogen-bond acceptors (Lipinski definition) is 5. The lowest BCUT2D eigenvalue weighted by atomic mass is 10.2. The van der Waals surface area contributed by atoms with Crippen LogP contribution >= 0.6 is 11.8 Å². The summed E-state index contributed by atoms with van der Waals surface area (Å²) in [4.78, 5) is 12.0. The van der Waals surface area contributed by atoms with Gasteiger partial charge in [0.2, 0.25) is 5.91 Å². The van der Waals surface area contributed by atoms with E-state index in [4.69, 9.17) is 4.74 Å². The van der Waals surface area contributed by atoms with Crippen LogP contribution in [0.5, 0.6) is 5.75 Å². The molecular formula is C20H22N4O2S. The highest BCUT2D eigenvalue weighted by Crippen LogP contribution is 2.28. The Morgan fingerprint density at radius 2 is 1.81 bits per heavy atom. The van der Waals surface area contributed by atoms with Crippen molar-refractivity contribution in [3.63, 3.8) is 0 Å². The molecule has 0 radical (unpaired) electrons. The summed E-state index contributed by atoms with van der Waals surface area (Å²) in [5.74, 6) is 1.76. The maximum Gasteiger partial charge on any atom is 0.230 e. The minimum atomic E-state index is -0.0244. The van der Waals surface area contributed by atoms with E-state index in [-0.39, 0.29) is 17.7 Å². The Morgan fingerprint density at radius 1 is 1.11 bits per heavy atom. The van der Waals surface area contributed by atoms with Gasteiger partial charge in [-0.2, -0.15) is 0 Å². The van der Waals surface area contributed by atoms with Crippen molar-refractivity contribution in [3.8, 4) is 22.8 Å². The van der Waals surface area contributed by atoms with Gasteiger partial charge in [0.05, 0.1) is 12.9 Å². The van der Waals surface area contributed by atoms with Crippen molar-refractivity contribution in [3.05, 3.63) is 54.6 Å². The van der Waals surface area contributed by atoms with Gasteiger partial charge in [-0.3, -0.25) is 9.36 Å². The van der Waals surface area contributed by atoms with Crippen LogP contribution in [-0.2, 0) is 4.79 Å². The summed E-state index contributed by atoms with van der Waals surface area (Å²) in [7, 11) is 1.64. The van der Waals surface area contributed by atoms with Crippen molar-refractivity contribution in [2.45, 2.75) is 25.0 Å². The highest BCUT2D eigenvalue weighted by Gasteiger charge is 2.17. The van der Waals surface area contributed by atoms with Gasteiger partial charge in [0, 0.05) is 17.3 Å². The Bertz CT molecular complexity index is 892. The molecule has 1 amide bonds. The van der Waals surface area contributed by atoms with Crippen LogP contribution in [-0.4, -0.2) is 39.6 Å². The van der Waals surface area contributed by atoms with Crippen molar-refractivity contribution in [2.75, 3.05) is 12.9 Å². The minimum Gasteiger partial charge on any atom is -0.497 e. The fourth-order valence-electron chi connectivity index (χ4n) is 2.59. The summed E-state index contributed by atoms with van der Waals surface area (Å²) in [6.45, 7) is 3.88.